The first-order valence-electron chi connectivity index (χ1n) is 13.0. The molecule has 1 aromatic heterocycles. The normalized spacial score (nSPS) is 18.4. The van der Waals surface area contributed by atoms with Crippen molar-refractivity contribution < 1.29 is 28.6 Å². The van der Waals surface area contributed by atoms with Crippen LogP contribution in [0.2, 0.25) is 0 Å². The van der Waals surface area contributed by atoms with Crippen LogP contribution in [0.5, 0.6) is 11.5 Å². The van der Waals surface area contributed by atoms with Crippen LogP contribution in [0, 0.1) is 0 Å². The van der Waals surface area contributed by atoms with E-state index in [1.807, 2.05) is 48.5 Å². The highest BCUT2D eigenvalue weighted by atomic mass is 16.5. The number of carbonyl (C=O) groups is 3. The molecule has 0 aliphatic carbocycles. The second-order valence-corrected chi connectivity index (χ2v) is 9.98. The number of ether oxygens (including phenoxy) is 3. The van der Waals surface area contributed by atoms with Gasteiger partial charge in [0.15, 0.2) is 11.5 Å². The predicted octanol–water partition coefficient (Wildman–Crippen LogP) is 3.86. The summed E-state index contributed by atoms with van der Waals surface area (Å²) < 4.78 is 15.6. The van der Waals surface area contributed by atoms with Crippen LogP contribution >= 0.6 is 0 Å². The SMILES string of the molecule is COC(=O)c1ccc([C@@H]2c3[nH]c4ccccc4c3C[C@H]3C(=O)N(Cc4ccc(OC)c(OC)c4)CC(=O)N23)cc1. The van der Waals surface area contributed by atoms with Crippen LogP contribution in [-0.4, -0.2) is 66.5 Å². The molecule has 1 N–H and O–H groups in total. The Hall–Kier alpha value is -4.79. The topological polar surface area (TPSA) is 101 Å². The van der Waals surface area contributed by atoms with Crippen LogP contribution in [0.1, 0.15) is 38.8 Å². The fourth-order valence-corrected chi connectivity index (χ4v) is 5.92. The Labute approximate surface area is 231 Å². The molecule has 2 amide bonds. The van der Waals surface area contributed by atoms with E-state index < -0.39 is 18.1 Å². The molecule has 4 aromatic rings. The van der Waals surface area contributed by atoms with Crippen molar-refractivity contribution in [1.82, 2.24) is 14.8 Å². The van der Waals surface area contributed by atoms with E-state index in [1.54, 1.807) is 42.2 Å². The number of carbonyl (C=O) groups excluding carboxylic acids is 3. The predicted molar refractivity (Wildman–Crippen MR) is 147 cm³/mol. The smallest absolute Gasteiger partial charge is 0.337 e. The standard InChI is InChI=1S/C31H29N3O6/c1-38-25-13-8-18(14-26(25)39-2)16-33-17-27(35)34-24(30(33)36)15-22-21-6-4-5-7-23(21)32-28(22)29(34)19-9-11-20(12-10-19)31(37)40-3/h4-14,24,29,32H,15-17H2,1-3H3/t24-,29+/m0/s1. The van der Waals surface area contributed by atoms with E-state index in [2.05, 4.69) is 4.98 Å². The summed E-state index contributed by atoms with van der Waals surface area (Å²) in [5, 5.41) is 1.03. The quantitative estimate of drug-likeness (QED) is 0.374. The third-order valence-electron chi connectivity index (χ3n) is 7.81. The maximum absolute atomic E-state index is 14.0. The maximum Gasteiger partial charge on any atom is 0.337 e. The average Bonchev–Trinajstić information content (AvgIpc) is 3.36. The number of hydrogen-bond acceptors (Lipinski definition) is 6. The number of rotatable bonds is 6. The number of H-pyrrole nitrogens is 1. The van der Waals surface area contributed by atoms with Gasteiger partial charge in [-0.15, -0.1) is 0 Å². The lowest BCUT2D eigenvalue weighted by molar-refractivity contribution is -0.159. The van der Waals surface area contributed by atoms with Crippen molar-refractivity contribution in [2.24, 2.45) is 0 Å². The number of piperazine rings is 1. The molecule has 204 valence electrons. The summed E-state index contributed by atoms with van der Waals surface area (Å²) in [6.45, 7) is 0.227. The minimum atomic E-state index is -0.668. The fourth-order valence-electron chi connectivity index (χ4n) is 5.92. The van der Waals surface area contributed by atoms with Gasteiger partial charge in [0.2, 0.25) is 11.8 Å². The van der Waals surface area contributed by atoms with Gasteiger partial charge in [-0.1, -0.05) is 36.4 Å². The number of hydrogen-bond donors (Lipinski definition) is 1. The molecule has 0 spiro atoms. The molecule has 0 radical (unpaired) electrons. The van der Waals surface area contributed by atoms with Gasteiger partial charge in [-0.2, -0.15) is 0 Å². The third kappa shape index (κ3) is 4.14. The van der Waals surface area contributed by atoms with Crippen molar-refractivity contribution in [2.45, 2.75) is 25.0 Å². The van der Waals surface area contributed by atoms with E-state index in [1.165, 1.54) is 7.11 Å². The zero-order valence-electron chi connectivity index (χ0n) is 22.5. The number of para-hydroxylation sites is 1. The summed E-state index contributed by atoms with van der Waals surface area (Å²) in [6.07, 6.45) is 0.406. The van der Waals surface area contributed by atoms with Crippen molar-refractivity contribution in [3.63, 3.8) is 0 Å². The lowest BCUT2D eigenvalue weighted by Gasteiger charge is -2.47. The van der Waals surface area contributed by atoms with Gasteiger partial charge in [0.1, 0.15) is 12.6 Å². The number of methoxy groups -OCH3 is 3. The van der Waals surface area contributed by atoms with Crippen LogP contribution in [0.3, 0.4) is 0 Å². The van der Waals surface area contributed by atoms with Gasteiger partial charge in [-0.25, -0.2) is 4.79 Å². The van der Waals surface area contributed by atoms with E-state index in [4.69, 9.17) is 14.2 Å². The highest BCUT2D eigenvalue weighted by Gasteiger charge is 2.48. The van der Waals surface area contributed by atoms with Crippen LogP contribution in [0.4, 0.5) is 0 Å². The average molecular weight is 540 g/mol. The number of aromatic amines is 1. The Kier molecular flexibility index (Phi) is 6.42. The van der Waals surface area contributed by atoms with Crippen molar-refractivity contribution >= 4 is 28.7 Å². The summed E-state index contributed by atoms with van der Waals surface area (Å²) in [4.78, 5) is 46.7. The number of nitrogens with zero attached hydrogens (tertiary/aromatic N) is 2. The summed E-state index contributed by atoms with van der Waals surface area (Å²) in [5.41, 5.74) is 4.92. The van der Waals surface area contributed by atoms with Gasteiger partial charge >= 0.3 is 5.97 Å². The molecule has 40 heavy (non-hydrogen) atoms. The van der Waals surface area contributed by atoms with Crippen LogP contribution in [-0.2, 0) is 27.3 Å². The minimum absolute atomic E-state index is 0.0457. The monoisotopic (exact) mass is 539 g/mol. The van der Waals surface area contributed by atoms with Crippen molar-refractivity contribution in [3.8, 4) is 11.5 Å². The van der Waals surface area contributed by atoms with E-state index in [9.17, 15) is 14.4 Å². The molecule has 6 rings (SSSR count). The van der Waals surface area contributed by atoms with Crippen molar-refractivity contribution in [2.75, 3.05) is 27.9 Å². The maximum atomic E-state index is 14.0. The van der Waals surface area contributed by atoms with Gasteiger partial charge in [-0.3, -0.25) is 9.59 Å². The molecule has 0 saturated carbocycles. The van der Waals surface area contributed by atoms with Gasteiger partial charge < -0.3 is 29.0 Å². The molecular weight excluding hydrogens is 510 g/mol. The molecule has 2 aliphatic heterocycles. The van der Waals surface area contributed by atoms with Gasteiger partial charge in [-0.05, 0) is 47.0 Å². The van der Waals surface area contributed by atoms with E-state index in [-0.39, 0.29) is 24.9 Å². The first-order chi connectivity index (χ1) is 19.4. The molecule has 1 saturated heterocycles. The number of benzene rings is 3. The molecule has 0 unspecified atom stereocenters. The number of amides is 2. The van der Waals surface area contributed by atoms with Gasteiger partial charge in [0, 0.05) is 29.6 Å². The highest BCUT2D eigenvalue weighted by Crippen LogP contribution is 2.43. The Morgan fingerprint density at radius 2 is 1.70 bits per heavy atom. The summed E-state index contributed by atoms with van der Waals surface area (Å²) in [7, 11) is 4.47. The van der Waals surface area contributed by atoms with Crippen LogP contribution in [0.15, 0.2) is 66.7 Å². The van der Waals surface area contributed by atoms with E-state index in [0.29, 0.717) is 23.5 Å². The lowest BCUT2D eigenvalue weighted by atomic mass is 9.86. The molecular formula is C31H29N3O6. The second kappa shape index (κ2) is 10.1. The largest absolute Gasteiger partial charge is 0.493 e. The molecule has 9 heteroatoms. The Balaban J connectivity index is 1.39. The minimum Gasteiger partial charge on any atom is -0.493 e. The molecule has 3 heterocycles. The molecule has 3 aromatic carbocycles. The van der Waals surface area contributed by atoms with Gasteiger partial charge in [0.25, 0.3) is 0 Å². The fraction of sp³-hybridized carbons (Fsp3) is 0.258. The molecule has 9 nitrogen and oxygen atoms in total. The third-order valence-corrected chi connectivity index (χ3v) is 7.81. The first kappa shape index (κ1) is 25.5. The summed E-state index contributed by atoms with van der Waals surface area (Å²) >= 11 is 0. The second-order valence-electron chi connectivity index (χ2n) is 9.98. The molecule has 2 atom stereocenters. The number of aromatic nitrogens is 1. The van der Waals surface area contributed by atoms with Crippen molar-refractivity contribution in [1.29, 1.82) is 0 Å². The Bertz CT molecular complexity index is 1630. The highest BCUT2D eigenvalue weighted by molar-refractivity contribution is 5.97. The van der Waals surface area contributed by atoms with E-state index >= 15 is 0 Å². The zero-order valence-corrected chi connectivity index (χ0v) is 22.5. The molecule has 0 bridgehead atoms. The van der Waals surface area contributed by atoms with Gasteiger partial charge in [0.05, 0.1) is 32.9 Å². The van der Waals surface area contributed by atoms with Crippen molar-refractivity contribution in [3.05, 3.63) is 94.7 Å². The summed E-state index contributed by atoms with van der Waals surface area (Å²) in [6, 6.07) is 19.3. The van der Waals surface area contributed by atoms with Crippen LogP contribution in [0.25, 0.3) is 10.9 Å². The number of nitrogens with one attached hydrogen (secondary N) is 1. The Morgan fingerprint density at radius 3 is 2.42 bits per heavy atom. The molecule has 2 aliphatic rings. The number of esters is 1. The number of fused-ring (bicyclic) bond motifs is 4. The zero-order chi connectivity index (χ0) is 28.0. The molecule has 1 fully saturated rings. The lowest BCUT2D eigenvalue weighted by Crippen LogP contribution is -2.62. The van der Waals surface area contributed by atoms with Crippen LogP contribution < -0.4 is 9.47 Å². The first-order valence-corrected chi connectivity index (χ1v) is 13.0. The Morgan fingerprint density at radius 1 is 0.950 bits per heavy atom. The van der Waals surface area contributed by atoms with E-state index in [0.717, 1.165) is 33.3 Å². The summed E-state index contributed by atoms with van der Waals surface area (Å²) in [5.74, 6) is 0.472.